The standard InChI is InChI=1S/C23H21N3O2S/c1-16-6-5-9-19(14-16)22(28)26-23(29)25-20-12-10-18(11-13-20)21(27)24-15-17-7-3-2-4-8-17/h2-14H,15H2,1H3,(H,24,27)(H2,25,26,28,29). The number of thiocarbonyl (C=S) groups is 1. The largest absolute Gasteiger partial charge is 0.348 e. The number of carbonyl (C=O) groups excluding carboxylic acids is 2. The second-order valence-electron chi connectivity index (χ2n) is 6.52. The van der Waals surface area contributed by atoms with Crippen LogP contribution in [0.1, 0.15) is 31.8 Å². The van der Waals surface area contributed by atoms with E-state index in [1.54, 1.807) is 36.4 Å². The van der Waals surface area contributed by atoms with E-state index in [1.165, 1.54) is 0 Å². The zero-order valence-corrected chi connectivity index (χ0v) is 16.8. The highest BCUT2D eigenvalue weighted by molar-refractivity contribution is 7.80. The van der Waals surface area contributed by atoms with Gasteiger partial charge in [0, 0.05) is 23.4 Å². The molecule has 0 saturated carbocycles. The fraction of sp³-hybridized carbons (Fsp3) is 0.0870. The average molecular weight is 404 g/mol. The van der Waals surface area contributed by atoms with Crippen LogP contribution in [0.25, 0.3) is 0 Å². The zero-order valence-electron chi connectivity index (χ0n) is 15.9. The Balaban J connectivity index is 1.52. The first-order valence-electron chi connectivity index (χ1n) is 9.12. The maximum Gasteiger partial charge on any atom is 0.257 e. The molecule has 0 aliphatic rings. The van der Waals surface area contributed by atoms with Gasteiger partial charge in [-0.05, 0) is 61.1 Å². The Labute approximate surface area is 175 Å². The van der Waals surface area contributed by atoms with Crippen LogP contribution in [0.3, 0.4) is 0 Å². The van der Waals surface area contributed by atoms with E-state index in [1.807, 2.05) is 49.4 Å². The van der Waals surface area contributed by atoms with Crippen LogP contribution in [-0.4, -0.2) is 16.9 Å². The van der Waals surface area contributed by atoms with Crippen molar-refractivity contribution in [3.63, 3.8) is 0 Å². The molecule has 0 aliphatic heterocycles. The van der Waals surface area contributed by atoms with Crippen LogP contribution in [0.5, 0.6) is 0 Å². The summed E-state index contributed by atoms with van der Waals surface area (Å²) < 4.78 is 0. The molecular formula is C23H21N3O2S. The molecule has 0 aromatic heterocycles. The molecule has 3 aromatic carbocycles. The lowest BCUT2D eigenvalue weighted by Gasteiger charge is -2.11. The van der Waals surface area contributed by atoms with Gasteiger partial charge in [-0.15, -0.1) is 0 Å². The van der Waals surface area contributed by atoms with Gasteiger partial charge in [0.2, 0.25) is 0 Å². The molecule has 146 valence electrons. The number of hydrogen-bond donors (Lipinski definition) is 3. The highest BCUT2D eigenvalue weighted by Gasteiger charge is 2.09. The quantitative estimate of drug-likeness (QED) is 0.562. The summed E-state index contributed by atoms with van der Waals surface area (Å²) in [6, 6.07) is 23.9. The molecule has 3 aromatic rings. The molecule has 0 unspecified atom stereocenters. The summed E-state index contributed by atoms with van der Waals surface area (Å²) in [4.78, 5) is 24.5. The van der Waals surface area contributed by atoms with E-state index in [-0.39, 0.29) is 16.9 Å². The molecule has 5 nitrogen and oxygen atoms in total. The van der Waals surface area contributed by atoms with E-state index < -0.39 is 0 Å². The number of nitrogens with one attached hydrogen (secondary N) is 3. The highest BCUT2D eigenvalue weighted by Crippen LogP contribution is 2.10. The van der Waals surface area contributed by atoms with Crippen LogP contribution in [0, 0.1) is 6.92 Å². The van der Waals surface area contributed by atoms with Gasteiger partial charge >= 0.3 is 0 Å². The molecule has 0 spiro atoms. The lowest BCUT2D eigenvalue weighted by Crippen LogP contribution is -2.34. The van der Waals surface area contributed by atoms with Gasteiger partial charge in [-0.25, -0.2) is 0 Å². The van der Waals surface area contributed by atoms with Crippen molar-refractivity contribution in [3.05, 3.63) is 101 Å². The highest BCUT2D eigenvalue weighted by atomic mass is 32.1. The summed E-state index contributed by atoms with van der Waals surface area (Å²) in [6.45, 7) is 2.39. The molecule has 2 amide bonds. The van der Waals surface area contributed by atoms with Crippen LogP contribution < -0.4 is 16.0 Å². The number of hydrogen-bond acceptors (Lipinski definition) is 3. The molecule has 0 bridgehead atoms. The molecule has 0 radical (unpaired) electrons. The van der Waals surface area contributed by atoms with Crippen molar-refractivity contribution in [2.45, 2.75) is 13.5 Å². The van der Waals surface area contributed by atoms with Crippen molar-refractivity contribution >= 4 is 34.8 Å². The predicted octanol–water partition coefficient (Wildman–Crippen LogP) is 4.05. The lowest BCUT2D eigenvalue weighted by atomic mass is 10.1. The van der Waals surface area contributed by atoms with Crippen LogP contribution in [0.15, 0.2) is 78.9 Å². The van der Waals surface area contributed by atoms with E-state index in [9.17, 15) is 9.59 Å². The summed E-state index contributed by atoms with van der Waals surface area (Å²) in [5.74, 6) is -0.432. The Morgan fingerprint density at radius 1 is 0.828 bits per heavy atom. The predicted molar refractivity (Wildman–Crippen MR) is 119 cm³/mol. The van der Waals surface area contributed by atoms with Gasteiger partial charge in [0.15, 0.2) is 5.11 Å². The fourth-order valence-electron chi connectivity index (χ4n) is 2.71. The van der Waals surface area contributed by atoms with Crippen molar-refractivity contribution in [3.8, 4) is 0 Å². The Morgan fingerprint density at radius 3 is 2.24 bits per heavy atom. The first-order valence-corrected chi connectivity index (χ1v) is 9.53. The Bertz CT molecular complexity index is 1020. The maximum absolute atomic E-state index is 12.3. The van der Waals surface area contributed by atoms with Crippen molar-refractivity contribution in [1.29, 1.82) is 0 Å². The second-order valence-corrected chi connectivity index (χ2v) is 6.93. The second kappa shape index (κ2) is 9.61. The molecular weight excluding hydrogens is 382 g/mol. The summed E-state index contributed by atoms with van der Waals surface area (Å²) in [7, 11) is 0. The van der Waals surface area contributed by atoms with Crippen molar-refractivity contribution in [2.75, 3.05) is 5.32 Å². The molecule has 3 rings (SSSR count). The summed E-state index contributed by atoms with van der Waals surface area (Å²) in [6.07, 6.45) is 0. The van der Waals surface area contributed by atoms with E-state index >= 15 is 0 Å². The minimum Gasteiger partial charge on any atom is -0.348 e. The van der Waals surface area contributed by atoms with E-state index in [4.69, 9.17) is 12.2 Å². The summed E-state index contributed by atoms with van der Waals surface area (Å²) in [5.41, 5.74) is 3.80. The Morgan fingerprint density at radius 2 is 1.55 bits per heavy atom. The van der Waals surface area contributed by atoms with E-state index in [2.05, 4.69) is 16.0 Å². The van der Waals surface area contributed by atoms with Crippen molar-refractivity contribution < 1.29 is 9.59 Å². The number of benzene rings is 3. The van der Waals surface area contributed by atoms with E-state index in [0.29, 0.717) is 23.4 Å². The molecule has 3 N–H and O–H groups in total. The van der Waals surface area contributed by atoms with Gasteiger partial charge < -0.3 is 10.6 Å². The molecule has 0 saturated heterocycles. The molecule has 29 heavy (non-hydrogen) atoms. The number of amides is 2. The third kappa shape index (κ3) is 5.99. The Hall–Kier alpha value is -3.51. The molecule has 0 aliphatic carbocycles. The SMILES string of the molecule is Cc1cccc(C(=O)NC(=S)Nc2ccc(C(=O)NCc3ccccc3)cc2)c1. The van der Waals surface area contributed by atoms with Gasteiger partial charge in [-0.3, -0.25) is 14.9 Å². The monoisotopic (exact) mass is 403 g/mol. The molecule has 0 heterocycles. The minimum atomic E-state index is -0.275. The fourth-order valence-corrected chi connectivity index (χ4v) is 2.92. The van der Waals surface area contributed by atoms with Crippen LogP contribution >= 0.6 is 12.2 Å². The van der Waals surface area contributed by atoms with Gasteiger partial charge in [-0.2, -0.15) is 0 Å². The molecule has 0 atom stereocenters. The smallest absolute Gasteiger partial charge is 0.257 e. The van der Waals surface area contributed by atoms with Gasteiger partial charge in [0.25, 0.3) is 11.8 Å². The van der Waals surface area contributed by atoms with Crippen molar-refractivity contribution in [2.24, 2.45) is 0 Å². The lowest BCUT2D eigenvalue weighted by molar-refractivity contribution is 0.0948. The van der Waals surface area contributed by atoms with Crippen LogP contribution in [-0.2, 0) is 6.54 Å². The molecule has 6 heteroatoms. The van der Waals surface area contributed by atoms with E-state index in [0.717, 1.165) is 11.1 Å². The number of aryl methyl sites for hydroxylation is 1. The molecule has 0 fully saturated rings. The minimum absolute atomic E-state index is 0.157. The van der Waals surface area contributed by atoms with Crippen LogP contribution in [0.4, 0.5) is 5.69 Å². The number of carbonyl (C=O) groups is 2. The van der Waals surface area contributed by atoms with Crippen molar-refractivity contribution in [1.82, 2.24) is 10.6 Å². The maximum atomic E-state index is 12.3. The third-order valence-corrected chi connectivity index (χ3v) is 4.41. The normalized spacial score (nSPS) is 10.1. The first kappa shape index (κ1) is 20.2. The van der Waals surface area contributed by atoms with Gasteiger partial charge in [-0.1, -0.05) is 48.0 Å². The topological polar surface area (TPSA) is 70.2 Å². The average Bonchev–Trinajstić information content (AvgIpc) is 2.73. The number of rotatable bonds is 5. The summed E-state index contributed by atoms with van der Waals surface area (Å²) in [5, 5.41) is 8.67. The van der Waals surface area contributed by atoms with Gasteiger partial charge in [0.05, 0.1) is 0 Å². The zero-order chi connectivity index (χ0) is 20.6. The summed E-state index contributed by atoms with van der Waals surface area (Å²) >= 11 is 5.20. The van der Waals surface area contributed by atoms with Crippen LogP contribution in [0.2, 0.25) is 0 Å². The van der Waals surface area contributed by atoms with Gasteiger partial charge in [0.1, 0.15) is 0 Å². The Kier molecular flexibility index (Phi) is 6.71. The first-order chi connectivity index (χ1) is 14.0. The number of anilines is 1. The third-order valence-electron chi connectivity index (χ3n) is 4.21.